The smallest absolute Gasteiger partial charge is 0.422 e. The second-order valence-corrected chi connectivity index (χ2v) is 9.23. The molecule has 0 saturated carbocycles. The van der Waals surface area contributed by atoms with E-state index in [2.05, 4.69) is 20.1 Å². The quantitative estimate of drug-likeness (QED) is 0.219. The van der Waals surface area contributed by atoms with Crippen molar-refractivity contribution in [2.24, 2.45) is 0 Å². The Morgan fingerprint density at radius 2 is 1.56 bits per heavy atom. The van der Waals surface area contributed by atoms with E-state index in [-0.39, 0.29) is 28.9 Å². The molecular formula is C22H22F6N2O4S2. The van der Waals surface area contributed by atoms with Gasteiger partial charge >= 0.3 is 18.3 Å². The number of rotatable bonds is 8. The fourth-order valence-corrected chi connectivity index (χ4v) is 5.05. The Morgan fingerprint density at radius 1 is 0.972 bits per heavy atom. The number of ether oxygens (including phenoxy) is 3. The third-order valence-corrected chi connectivity index (χ3v) is 6.23. The fourth-order valence-electron chi connectivity index (χ4n) is 3.48. The van der Waals surface area contributed by atoms with Gasteiger partial charge in [-0.15, -0.1) is 11.3 Å². The molecule has 1 aromatic carbocycles. The molecule has 0 saturated heterocycles. The molecule has 36 heavy (non-hydrogen) atoms. The molecule has 0 spiro atoms. The highest BCUT2D eigenvalue weighted by Crippen LogP contribution is 2.39. The van der Waals surface area contributed by atoms with Crippen LogP contribution in [0.5, 0.6) is 11.5 Å². The molecule has 1 heterocycles. The maximum Gasteiger partial charge on any atom is 0.422 e. The Kier molecular flexibility index (Phi) is 8.93. The summed E-state index contributed by atoms with van der Waals surface area (Å²) in [5.41, 5.74) is 1.28. The van der Waals surface area contributed by atoms with Crippen molar-refractivity contribution in [1.82, 2.24) is 0 Å². The number of esters is 1. The van der Waals surface area contributed by atoms with Crippen LogP contribution in [0.2, 0.25) is 0 Å². The highest BCUT2D eigenvalue weighted by atomic mass is 32.1. The van der Waals surface area contributed by atoms with Crippen LogP contribution in [-0.4, -0.2) is 43.3 Å². The number of benzene rings is 1. The first-order valence-corrected chi connectivity index (χ1v) is 12.0. The molecule has 3 rings (SSSR count). The van der Waals surface area contributed by atoms with E-state index in [0.29, 0.717) is 17.0 Å². The Balaban J connectivity index is 1.81. The number of anilines is 2. The van der Waals surface area contributed by atoms with Crippen LogP contribution in [0.1, 0.15) is 40.6 Å². The van der Waals surface area contributed by atoms with Gasteiger partial charge in [-0.2, -0.15) is 26.3 Å². The summed E-state index contributed by atoms with van der Waals surface area (Å²) in [7, 11) is 0. The number of carbonyl (C=O) groups is 1. The van der Waals surface area contributed by atoms with Gasteiger partial charge in [0.05, 0.1) is 12.2 Å². The predicted octanol–water partition coefficient (Wildman–Crippen LogP) is 6.49. The van der Waals surface area contributed by atoms with Gasteiger partial charge in [-0.05, 0) is 50.4 Å². The van der Waals surface area contributed by atoms with Gasteiger partial charge in [0.1, 0.15) is 16.5 Å². The van der Waals surface area contributed by atoms with Crippen molar-refractivity contribution >= 4 is 45.3 Å². The molecule has 6 nitrogen and oxygen atoms in total. The van der Waals surface area contributed by atoms with Crippen LogP contribution in [0.3, 0.4) is 0 Å². The van der Waals surface area contributed by atoms with Gasteiger partial charge in [0.2, 0.25) is 0 Å². The molecular weight excluding hydrogens is 534 g/mol. The molecule has 0 unspecified atom stereocenters. The van der Waals surface area contributed by atoms with E-state index in [1.807, 2.05) is 0 Å². The van der Waals surface area contributed by atoms with Crippen molar-refractivity contribution in [2.45, 2.75) is 45.0 Å². The number of aryl methyl sites for hydroxylation is 1. The monoisotopic (exact) mass is 556 g/mol. The van der Waals surface area contributed by atoms with Crippen molar-refractivity contribution in [1.29, 1.82) is 0 Å². The van der Waals surface area contributed by atoms with E-state index in [1.54, 1.807) is 6.92 Å². The summed E-state index contributed by atoms with van der Waals surface area (Å²) in [5.74, 6) is -1.26. The Labute approximate surface area is 211 Å². The molecule has 1 aliphatic carbocycles. The average Bonchev–Trinajstić information content (AvgIpc) is 3.13. The zero-order chi connectivity index (χ0) is 26.5. The molecule has 1 aliphatic rings. The number of fused-ring (bicyclic) bond motifs is 1. The molecule has 2 N–H and O–H groups in total. The van der Waals surface area contributed by atoms with E-state index in [9.17, 15) is 31.1 Å². The number of carbonyl (C=O) groups excluding carboxylic acids is 1. The number of hydrogen-bond donors (Lipinski definition) is 2. The van der Waals surface area contributed by atoms with E-state index in [4.69, 9.17) is 17.0 Å². The van der Waals surface area contributed by atoms with Crippen molar-refractivity contribution in [2.75, 3.05) is 30.5 Å². The molecule has 0 aliphatic heterocycles. The van der Waals surface area contributed by atoms with Crippen LogP contribution in [-0.2, 0) is 17.6 Å². The Bertz CT molecular complexity index is 1070. The number of thiophene rings is 1. The zero-order valence-corrected chi connectivity index (χ0v) is 20.5. The van der Waals surface area contributed by atoms with Crippen LogP contribution in [0.25, 0.3) is 0 Å². The number of hydrogen-bond acceptors (Lipinski definition) is 6. The Morgan fingerprint density at radius 3 is 2.11 bits per heavy atom. The van der Waals surface area contributed by atoms with E-state index >= 15 is 0 Å². The normalized spacial score (nSPS) is 13.5. The van der Waals surface area contributed by atoms with Crippen LogP contribution < -0.4 is 20.1 Å². The molecule has 0 atom stereocenters. The van der Waals surface area contributed by atoms with Gasteiger partial charge < -0.3 is 24.8 Å². The summed E-state index contributed by atoms with van der Waals surface area (Å²) < 4.78 is 89.9. The third kappa shape index (κ3) is 8.15. The van der Waals surface area contributed by atoms with Crippen molar-refractivity contribution < 1.29 is 45.3 Å². The summed E-state index contributed by atoms with van der Waals surface area (Å²) in [5, 5.41) is 5.99. The first-order chi connectivity index (χ1) is 16.8. The lowest BCUT2D eigenvalue weighted by Gasteiger charge is -2.16. The molecule has 1 aromatic heterocycles. The average molecular weight is 557 g/mol. The molecule has 14 heteroatoms. The summed E-state index contributed by atoms with van der Waals surface area (Å²) >= 11 is 6.64. The molecule has 198 valence electrons. The summed E-state index contributed by atoms with van der Waals surface area (Å²) in [4.78, 5) is 13.6. The predicted molar refractivity (Wildman–Crippen MR) is 126 cm³/mol. The zero-order valence-electron chi connectivity index (χ0n) is 18.9. The molecule has 0 amide bonds. The van der Waals surface area contributed by atoms with Crippen LogP contribution in [0.4, 0.5) is 37.0 Å². The summed E-state index contributed by atoms with van der Waals surface area (Å²) in [6.07, 6.45) is -5.91. The van der Waals surface area contributed by atoms with Crippen molar-refractivity contribution in [3.05, 3.63) is 34.2 Å². The number of nitrogens with one attached hydrogen (secondary N) is 2. The fraction of sp³-hybridized carbons (Fsp3) is 0.455. The highest BCUT2D eigenvalue weighted by molar-refractivity contribution is 7.80. The second-order valence-electron chi connectivity index (χ2n) is 7.72. The maximum absolute atomic E-state index is 12.6. The first kappa shape index (κ1) is 27.8. The third-order valence-electron chi connectivity index (χ3n) is 4.82. The molecule has 0 fully saturated rings. The van der Waals surface area contributed by atoms with Crippen molar-refractivity contribution in [3.63, 3.8) is 0 Å². The standard InChI is InChI=1S/C22H22F6N2O4S2/c1-2-32-19(31)17-15-5-3-4-6-16(15)36-18(17)30-20(35)29-12-7-13(33-10-21(23,24)25)9-14(8-12)34-11-22(26,27)28/h7-9H,2-6,10-11H2,1H3,(H2,29,30,35). The topological polar surface area (TPSA) is 68.8 Å². The van der Waals surface area contributed by atoms with Crippen LogP contribution in [0.15, 0.2) is 18.2 Å². The van der Waals surface area contributed by atoms with Crippen molar-refractivity contribution in [3.8, 4) is 11.5 Å². The minimum atomic E-state index is -4.66. The SMILES string of the molecule is CCOC(=O)c1c(NC(=S)Nc2cc(OCC(F)(F)F)cc(OCC(F)(F)F)c2)sc2c1CCCC2. The minimum Gasteiger partial charge on any atom is -0.484 e. The van der Waals surface area contributed by atoms with Gasteiger partial charge in [-0.3, -0.25) is 0 Å². The highest BCUT2D eigenvalue weighted by Gasteiger charge is 2.30. The first-order valence-electron chi connectivity index (χ1n) is 10.8. The largest absolute Gasteiger partial charge is 0.484 e. The molecule has 2 aromatic rings. The van der Waals surface area contributed by atoms with Gasteiger partial charge in [0, 0.05) is 28.8 Å². The van der Waals surface area contributed by atoms with Crippen LogP contribution in [0, 0.1) is 0 Å². The summed E-state index contributed by atoms with van der Waals surface area (Å²) in [6, 6.07) is 3.17. The van der Waals surface area contributed by atoms with E-state index in [1.165, 1.54) is 11.3 Å². The Hall–Kier alpha value is -2.74. The number of thiocarbonyl (C=S) groups is 1. The number of alkyl halides is 6. The van der Waals surface area contributed by atoms with Gasteiger partial charge in [0.15, 0.2) is 18.3 Å². The van der Waals surface area contributed by atoms with Gasteiger partial charge in [-0.25, -0.2) is 4.79 Å². The lowest BCUT2D eigenvalue weighted by Crippen LogP contribution is -2.22. The van der Waals surface area contributed by atoms with Gasteiger partial charge in [0.25, 0.3) is 0 Å². The lowest BCUT2D eigenvalue weighted by atomic mass is 9.95. The minimum absolute atomic E-state index is 0.0170. The second kappa shape index (κ2) is 11.5. The van der Waals surface area contributed by atoms with Crippen LogP contribution >= 0.6 is 23.6 Å². The van der Waals surface area contributed by atoms with E-state index in [0.717, 1.165) is 47.9 Å². The molecule has 0 bridgehead atoms. The van der Waals surface area contributed by atoms with Gasteiger partial charge in [-0.1, -0.05) is 0 Å². The number of halogens is 6. The molecule has 0 radical (unpaired) electrons. The lowest BCUT2D eigenvalue weighted by molar-refractivity contribution is -0.153. The van der Waals surface area contributed by atoms with E-state index < -0.39 is 31.5 Å². The maximum atomic E-state index is 12.6. The summed E-state index contributed by atoms with van der Waals surface area (Å²) in [6.45, 7) is -1.44.